The molecular formula is C15H19N3O. The monoisotopic (exact) mass is 257 g/mol. The first-order chi connectivity index (χ1) is 9.19. The smallest absolute Gasteiger partial charge is 0.309 e. The van der Waals surface area contributed by atoms with E-state index in [9.17, 15) is 4.79 Å². The van der Waals surface area contributed by atoms with Crippen LogP contribution >= 0.6 is 0 Å². The minimum absolute atomic E-state index is 0.00667. The minimum atomic E-state index is -0.106. The summed E-state index contributed by atoms with van der Waals surface area (Å²) in [4.78, 5) is 15.1. The molecule has 1 atom stereocenters. The Labute approximate surface area is 112 Å². The molecule has 4 nitrogen and oxygen atoms in total. The minimum Gasteiger partial charge on any atom is -0.309 e. The molecule has 1 saturated carbocycles. The summed E-state index contributed by atoms with van der Waals surface area (Å²) in [5, 5.41) is 8.97. The SMILES string of the molecule is CC1CCC(n2c3c([nH]c2=O)CC(C#N)C=C3)CC1. The molecule has 0 spiro atoms. The highest BCUT2D eigenvalue weighted by atomic mass is 16.1. The Morgan fingerprint density at radius 2 is 2.11 bits per heavy atom. The number of allylic oxidation sites excluding steroid dienone is 1. The highest BCUT2D eigenvalue weighted by molar-refractivity contribution is 5.52. The van der Waals surface area contributed by atoms with Crippen molar-refractivity contribution < 1.29 is 0 Å². The number of imidazole rings is 1. The van der Waals surface area contributed by atoms with Crippen LogP contribution in [0.4, 0.5) is 0 Å². The molecule has 0 aliphatic heterocycles. The Balaban J connectivity index is 1.94. The first kappa shape index (κ1) is 12.3. The third-order valence-corrected chi connectivity index (χ3v) is 4.47. The standard InChI is InChI=1S/C15H19N3O/c1-10-2-5-12(6-3-10)18-14-7-4-11(9-16)8-13(14)17-15(18)19/h4,7,10-12H,2-3,5-6,8H2,1H3,(H,17,19). The fourth-order valence-corrected chi connectivity index (χ4v) is 3.29. The molecule has 2 aliphatic carbocycles. The molecule has 0 radical (unpaired) electrons. The lowest BCUT2D eigenvalue weighted by atomic mass is 9.87. The van der Waals surface area contributed by atoms with Gasteiger partial charge in [0.05, 0.1) is 17.7 Å². The molecule has 4 heteroatoms. The van der Waals surface area contributed by atoms with E-state index in [4.69, 9.17) is 5.26 Å². The predicted molar refractivity (Wildman–Crippen MR) is 73.6 cm³/mol. The largest absolute Gasteiger partial charge is 0.326 e. The average Bonchev–Trinajstić information content (AvgIpc) is 2.74. The normalized spacial score (nSPS) is 29.8. The van der Waals surface area contributed by atoms with Crippen molar-refractivity contribution in [3.63, 3.8) is 0 Å². The number of nitrogens with one attached hydrogen (secondary N) is 1. The van der Waals surface area contributed by atoms with Crippen molar-refractivity contribution in [1.82, 2.24) is 9.55 Å². The van der Waals surface area contributed by atoms with E-state index in [1.165, 1.54) is 12.8 Å². The number of rotatable bonds is 1. The Hall–Kier alpha value is -1.76. The quantitative estimate of drug-likeness (QED) is 0.840. The van der Waals surface area contributed by atoms with Gasteiger partial charge in [0, 0.05) is 18.2 Å². The summed E-state index contributed by atoms with van der Waals surface area (Å²) >= 11 is 0. The van der Waals surface area contributed by atoms with Crippen LogP contribution in [0.15, 0.2) is 10.9 Å². The van der Waals surface area contributed by atoms with E-state index >= 15 is 0 Å². The van der Waals surface area contributed by atoms with E-state index < -0.39 is 0 Å². The van der Waals surface area contributed by atoms with Crippen LogP contribution in [-0.2, 0) is 6.42 Å². The number of fused-ring (bicyclic) bond motifs is 1. The second kappa shape index (κ2) is 4.73. The van der Waals surface area contributed by atoms with Crippen LogP contribution < -0.4 is 5.69 Å². The number of nitriles is 1. The highest BCUT2D eigenvalue weighted by Gasteiger charge is 2.26. The van der Waals surface area contributed by atoms with Gasteiger partial charge in [0.25, 0.3) is 0 Å². The summed E-state index contributed by atoms with van der Waals surface area (Å²) in [5.74, 6) is 0.672. The molecule has 0 aromatic carbocycles. The molecule has 0 saturated heterocycles. The molecule has 3 rings (SSSR count). The summed E-state index contributed by atoms with van der Waals surface area (Å²) in [5.41, 5.74) is 1.92. The first-order valence-electron chi connectivity index (χ1n) is 7.10. The van der Waals surface area contributed by atoms with Crippen molar-refractivity contribution in [1.29, 1.82) is 5.26 Å². The van der Waals surface area contributed by atoms with E-state index in [2.05, 4.69) is 18.0 Å². The van der Waals surface area contributed by atoms with Gasteiger partial charge in [-0.25, -0.2) is 4.79 Å². The fraction of sp³-hybridized carbons (Fsp3) is 0.600. The predicted octanol–water partition coefficient (Wildman–Crippen LogP) is 2.64. The molecule has 1 unspecified atom stereocenters. The number of hydrogen-bond donors (Lipinski definition) is 1. The molecule has 1 N–H and O–H groups in total. The van der Waals surface area contributed by atoms with Gasteiger partial charge >= 0.3 is 5.69 Å². The summed E-state index contributed by atoms with van der Waals surface area (Å²) in [7, 11) is 0. The number of aromatic amines is 1. The zero-order valence-corrected chi connectivity index (χ0v) is 11.2. The van der Waals surface area contributed by atoms with Crippen LogP contribution in [0.3, 0.4) is 0 Å². The molecule has 0 amide bonds. The van der Waals surface area contributed by atoms with Crippen LogP contribution in [0.25, 0.3) is 6.08 Å². The molecule has 19 heavy (non-hydrogen) atoms. The summed E-state index contributed by atoms with van der Waals surface area (Å²) in [6.45, 7) is 2.28. The van der Waals surface area contributed by atoms with Gasteiger partial charge in [0.15, 0.2) is 0 Å². The Morgan fingerprint density at radius 3 is 2.79 bits per heavy atom. The van der Waals surface area contributed by atoms with Crippen molar-refractivity contribution in [2.75, 3.05) is 0 Å². The third-order valence-electron chi connectivity index (χ3n) is 4.47. The zero-order valence-electron chi connectivity index (χ0n) is 11.2. The van der Waals surface area contributed by atoms with E-state index in [-0.39, 0.29) is 11.6 Å². The van der Waals surface area contributed by atoms with Crippen LogP contribution in [0.1, 0.15) is 50.0 Å². The van der Waals surface area contributed by atoms with Gasteiger partial charge in [-0.1, -0.05) is 13.0 Å². The van der Waals surface area contributed by atoms with E-state index in [1.54, 1.807) is 0 Å². The van der Waals surface area contributed by atoms with E-state index in [0.717, 1.165) is 30.1 Å². The first-order valence-corrected chi connectivity index (χ1v) is 7.10. The maximum Gasteiger partial charge on any atom is 0.326 e. The van der Waals surface area contributed by atoms with Crippen molar-refractivity contribution in [3.8, 4) is 6.07 Å². The summed E-state index contributed by atoms with van der Waals surface area (Å²) in [6.07, 6.45) is 9.05. The lowest BCUT2D eigenvalue weighted by Crippen LogP contribution is -2.26. The average molecular weight is 257 g/mol. The second-order valence-electron chi connectivity index (χ2n) is 5.88. The molecule has 1 aromatic heterocycles. The van der Waals surface area contributed by atoms with Crippen LogP contribution in [0.2, 0.25) is 0 Å². The zero-order chi connectivity index (χ0) is 13.4. The summed E-state index contributed by atoms with van der Waals surface area (Å²) in [6, 6.07) is 2.57. The van der Waals surface area contributed by atoms with E-state index in [1.807, 2.05) is 16.7 Å². The molecular weight excluding hydrogens is 238 g/mol. The maximum atomic E-state index is 12.2. The third kappa shape index (κ3) is 2.14. The van der Waals surface area contributed by atoms with Crippen molar-refractivity contribution >= 4 is 6.08 Å². The van der Waals surface area contributed by atoms with Gasteiger partial charge in [-0.2, -0.15) is 5.26 Å². The van der Waals surface area contributed by atoms with Gasteiger partial charge in [-0.05, 0) is 37.7 Å². The Morgan fingerprint density at radius 1 is 1.37 bits per heavy atom. The van der Waals surface area contributed by atoms with E-state index in [0.29, 0.717) is 12.5 Å². The fourth-order valence-electron chi connectivity index (χ4n) is 3.29. The summed E-state index contributed by atoms with van der Waals surface area (Å²) < 4.78 is 1.92. The Kier molecular flexibility index (Phi) is 3.06. The van der Waals surface area contributed by atoms with Crippen LogP contribution in [-0.4, -0.2) is 9.55 Å². The molecule has 1 fully saturated rings. The molecule has 1 heterocycles. The number of nitrogens with zero attached hydrogens (tertiary/aromatic N) is 2. The maximum absolute atomic E-state index is 12.2. The lowest BCUT2D eigenvalue weighted by Gasteiger charge is -2.28. The van der Waals surface area contributed by atoms with Crippen molar-refractivity contribution in [3.05, 3.63) is 27.9 Å². The van der Waals surface area contributed by atoms with Gasteiger partial charge in [-0.15, -0.1) is 0 Å². The highest BCUT2D eigenvalue weighted by Crippen LogP contribution is 2.33. The number of hydrogen-bond acceptors (Lipinski definition) is 2. The molecule has 2 aliphatic rings. The number of H-pyrrole nitrogens is 1. The molecule has 1 aromatic rings. The van der Waals surface area contributed by atoms with Crippen LogP contribution in [0, 0.1) is 23.2 Å². The van der Waals surface area contributed by atoms with Crippen LogP contribution in [0.5, 0.6) is 0 Å². The second-order valence-corrected chi connectivity index (χ2v) is 5.88. The van der Waals surface area contributed by atoms with Gasteiger partial charge in [0.2, 0.25) is 0 Å². The van der Waals surface area contributed by atoms with Crippen molar-refractivity contribution in [2.45, 2.75) is 45.1 Å². The number of aromatic nitrogens is 2. The Bertz CT molecular complexity index is 594. The van der Waals surface area contributed by atoms with Gasteiger partial charge in [-0.3, -0.25) is 4.57 Å². The molecule has 0 bridgehead atoms. The topological polar surface area (TPSA) is 61.6 Å². The molecule has 100 valence electrons. The van der Waals surface area contributed by atoms with Crippen molar-refractivity contribution in [2.24, 2.45) is 11.8 Å². The lowest BCUT2D eigenvalue weighted by molar-refractivity contribution is 0.284. The van der Waals surface area contributed by atoms with Gasteiger partial charge < -0.3 is 4.98 Å². The van der Waals surface area contributed by atoms with Gasteiger partial charge in [0.1, 0.15) is 0 Å².